The highest BCUT2D eigenvalue weighted by Crippen LogP contribution is 2.38. The standard InChI is InChI=1S/C21H20BrFN2O3S/c1-3-25-20(26)17(24-21(25)29)10-14-9-16(22)19(18(11-14)27-4-2)28-12-13-5-7-15(23)8-6-13/h5-11H,3-4,12H2,1-2H3,(H,24,29)/b17-10-. The Morgan fingerprint density at radius 2 is 1.93 bits per heavy atom. The molecule has 5 nitrogen and oxygen atoms in total. The van der Waals surface area contributed by atoms with Gasteiger partial charge in [0.05, 0.1) is 11.1 Å². The Kier molecular flexibility index (Phi) is 6.87. The fraction of sp³-hybridized carbons (Fsp3) is 0.238. The number of halogens is 2. The van der Waals surface area contributed by atoms with Crippen LogP contribution in [0, 0.1) is 5.82 Å². The summed E-state index contributed by atoms with van der Waals surface area (Å²) >= 11 is 8.71. The number of amides is 1. The summed E-state index contributed by atoms with van der Waals surface area (Å²) in [4.78, 5) is 13.9. The van der Waals surface area contributed by atoms with Crippen molar-refractivity contribution in [3.05, 3.63) is 63.5 Å². The van der Waals surface area contributed by atoms with E-state index in [1.54, 1.807) is 24.3 Å². The predicted molar refractivity (Wildman–Crippen MR) is 117 cm³/mol. The van der Waals surface area contributed by atoms with E-state index in [0.29, 0.717) is 39.9 Å². The van der Waals surface area contributed by atoms with Crippen LogP contribution in [0.2, 0.25) is 0 Å². The van der Waals surface area contributed by atoms with Gasteiger partial charge in [0.1, 0.15) is 18.1 Å². The van der Waals surface area contributed by atoms with Crippen molar-refractivity contribution in [3.8, 4) is 11.5 Å². The first-order valence-electron chi connectivity index (χ1n) is 9.11. The summed E-state index contributed by atoms with van der Waals surface area (Å²) in [5.74, 6) is 0.618. The number of nitrogens with one attached hydrogen (secondary N) is 1. The van der Waals surface area contributed by atoms with E-state index in [4.69, 9.17) is 21.7 Å². The van der Waals surface area contributed by atoms with Crippen molar-refractivity contribution < 1.29 is 18.7 Å². The Bertz CT molecular complexity index is 963. The monoisotopic (exact) mass is 478 g/mol. The quantitative estimate of drug-likeness (QED) is 0.463. The minimum atomic E-state index is -0.293. The molecule has 2 aromatic rings. The molecule has 1 N–H and O–H groups in total. The zero-order chi connectivity index (χ0) is 21.0. The molecular weight excluding hydrogens is 459 g/mol. The summed E-state index contributed by atoms with van der Waals surface area (Å²) in [5.41, 5.74) is 2.00. The molecule has 1 amide bonds. The molecule has 0 aliphatic carbocycles. The van der Waals surface area contributed by atoms with E-state index in [2.05, 4.69) is 21.2 Å². The van der Waals surface area contributed by atoms with Crippen LogP contribution in [-0.2, 0) is 11.4 Å². The fourth-order valence-electron chi connectivity index (χ4n) is 2.84. The highest BCUT2D eigenvalue weighted by molar-refractivity contribution is 9.10. The van der Waals surface area contributed by atoms with Crippen molar-refractivity contribution in [2.24, 2.45) is 0 Å². The zero-order valence-electron chi connectivity index (χ0n) is 16.0. The van der Waals surface area contributed by atoms with E-state index in [1.165, 1.54) is 17.0 Å². The fourth-order valence-corrected chi connectivity index (χ4v) is 3.73. The number of benzene rings is 2. The van der Waals surface area contributed by atoms with Gasteiger partial charge in [-0.3, -0.25) is 9.69 Å². The number of nitrogens with zero attached hydrogens (tertiary/aromatic N) is 1. The van der Waals surface area contributed by atoms with Crippen LogP contribution < -0.4 is 14.8 Å². The average Bonchev–Trinajstić information content (AvgIpc) is 2.95. The Labute approximate surface area is 182 Å². The van der Waals surface area contributed by atoms with Crippen molar-refractivity contribution in [3.63, 3.8) is 0 Å². The van der Waals surface area contributed by atoms with Gasteiger partial charge in [0.25, 0.3) is 5.91 Å². The molecule has 0 aromatic heterocycles. The maximum atomic E-state index is 13.1. The van der Waals surface area contributed by atoms with Crippen molar-refractivity contribution >= 4 is 45.2 Å². The lowest BCUT2D eigenvalue weighted by Gasteiger charge is -2.15. The first-order valence-corrected chi connectivity index (χ1v) is 10.3. The van der Waals surface area contributed by atoms with E-state index in [1.807, 2.05) is 19.9 Å². The second-order valence-corrected chi connectivity index (χ2v) is 7.46. The molecule has 29 heavy (non-hydrogen) atoms. The molecule has 0 spiro atoms. The molecule has 2 aromatic carbocycles. The van der Waals surface area contributed by atoms with Crippen LogP contribution in [0.3, 0.4) is 0 Å². The van der Waals surface area contributed by atoms with Crippen LogP contribution in [0.25, 0.3) is 6.08 Å². The van der Waals surface area contributed by atoms with Gasteiger partial charge in [-0.15, -0.1) is 0 Å². The second-order valence-electron chi connectivity index (χ2n) is 6.22. The number of rotatable bonds is 7. The van der Waals surface area contributed by atoms with Crippen LogP contribution in [0.15, 0.2) is 46.6 Å². The van der Waals surface area contributed by atoms with Crippen LogP contribution in [-0.4, -0.2) is 29.1 Å². The molecule has 0 radical (unpaired) electrons. The van der Waals surface area contributed by atoms with Gasteiger partial charge in [-0.05, 0) is 83.5 Å². The molecule has 0 unspecified atom stereocenters. The lowest BCUT2D eigenvalue weighted by atomic mass is 10.1. The number of carbonyl (C=O) groups excluding carboxylic acids is 1. The lowest BCUT2D eigenvalue weighted by Crippen LogP contribution is -2.30. The molecule has 1 aliphatic heterocycles. The lowest BCUT2D eigenvalue weighted by molar-refractivity contribution is -0.122. The van der Waals surface area contributed by atoms with Crippen LogP contribution in [0.5, 0.6) is 11.5 Å². The number of carbonyl (C=O) groups is 1. The van der Waals surface area contributed by atoms with Gasteiger partial charge in [0, 0.05) is 6.54 Å². The van der Waals surface area contributed by atoms with E-state index >= 15 is 0 Å². The molecule has 0 atom stereocenters. The molecule has 8 heteroatoms. The summed E-state index contributed by atoms with van der Waals surface area (Å²) in [6, 6.07) is 9.75. The summed E-state index contributed by atoms with van der Waals surface area (Å²) < 4.78 is 25.4. The van der Waals surface area contributed by atoms with Gasteiger partial charge in [-0.1, -0.05) is 12.1 Å². The number of thiocarbonyl (C=S) groups is 1. The smallest absolute Gasteiger partial charge is 0.276 e. The summed E-state index contributed by atoms with van der Waals surface area (Å²) in [6.07, 6.45) is 1.72. The molecule has 1 aliphatic rings. The third-order valence-corrected chi connectivity index (χ3v) is 5.13. The van der Waals surface area contributed by atoms with Gasteiger partial charge < -0.3 is 14.8 Å². The molecule has 1 saturated heterocycles. The average molecular weight is 479 g/mol. The largest absolute Gasteiger partial charge is 0.490 e. The molecule has 0 bridgehead atoms. The van der Waals surface area contributed by atoms with Crippen molar-refractivity contribution in [2.45, 2.75) is 20.5 Å². The molecular formula is C21H20BrFN2O3S. The van der Waals surface area contributed by atoms with Crippen LogP contribution in [0.1, 0.15) is 25.0 Å². The predicted octanol–water partition coefficient (Wildman–Crippen LogP) is 4.64. The van der Waals surface area contributed by atoms with Gasteiger partial charge in [0.2, 0.25) is 0 Å². The summed E-state index contributed by atoms with van der Waals surface area (Å²) in [5, 5.41) is 3.34. The van der Waals surface area contributed by atoms with Gasteiger partial charge in [-0.2, -0.15) is 0 Å². The number of ether oxygens (including phenoxy) is 2. The summed E-state index contributed by atoms with van der Waals surface area (Å²) in [6.45, 7) is 4.96. The maximum Gasteiger partial charge on any atom is 0.276 e. The van der Waals surface area contributed by atoms with E-state index < -0.39 is 0 Å². The van der Waals surface area contributed by atoms with Crippen LogP contribution >= 0.6 is 28.1 Å². The molecule has 3 rings (SSSR count). The van der Waals surface area contributed by atoms with Gasteiger partial charge >= 0.3 is 0 Å². The SMILES string of the molecule is CCOc1cc(/C=C2\NC(=S)N(CC)C2=O)cc(Br)c1OCc1ccc(F)cc1. The number of hydrogen-bond donors (Lipinski definition) is 1. The third kappa shape index (κ3) is 4.94. The van der Waals surface area contributed by atoms with Crippen molar-refractivity contribution in [2.75, 3.05) is 13.2 Å². The normalized spacial score (nSPS) is 15.0. The van der Waals surface area contributed by atoms with Gasteiger partial charge in [-0.25, -0.2) is 4.39 Å². The topological polar surface area (TPSA) is 50.8 Å². The first kappa shape index (κ1) is 21.3. The van der Waals surface area contributed by atoms with Crippen molar-refractivity contribution in [1.29, 1.82) is 0 Å². The maximum absolute atomic E-state index is 13.1. The first-order chi connectivity index (χ1) is 13.9. The zero-order valence-corrected chi connectivity index (χ0v) is 18.4. The molecule has 1 heterocycles. The Morgan fingerprint density at radius 1 is 1.21 bits per heavy atom. The second kappa shape index (κ2) is 9.37. The van der Waals surface area contributed by atoms with E-state index in [-0.39, 0.29) is 18.3 Å². The minimum Gasteiger partial charge on any atom is -0.490 e. The van der Waals surface area contributed by atoms with Crippen molar-refractivity contribution in [1.82, 2.24) is 10.2 Å². The highest BCUT2D eigenvalue weighted by atomic mass is 79.9. The Hall–Kier alpha value is -2.45. The summed E-state index contributed by atoms with van der Waals surface area (Å²) in [7, 11) is 0. The van der Waals surface area contributed by atoms with Crippen LogP contribution in [0.4, 0.5) is 4.39 Å². The number of likely N-dealkylation sites (N-methyl/N-ethyl adjacent to an activating group) is 1. The Morgan fingerprint density at radius 3 is 2.55 bits per heavy atom. The van der Waals surface area contributed by atoms with E-state index in [9.17, 15) is 9.18 Å². The number of hydrogen-bond acceptors (Lipinski definition) is 4. The molecule has 1 fully saturated rings. The highest BCUT2D eigenvalue weighted by Gasteiger charge is 2.29. The third-order valence-electron chi connectivity index (χ3n) is 4.22. The molecule has 0 saturated carbocycles. The minimum absolute atomic E-state index is 0.164. The van der Waals surface area contributed by atoms with E-state index in [0.717, 1.165) is 11.1 Å². The Balaban J connectivity index is 1.86. The molecule has 152 valence electrons. The van der Waals surface area contributed by atoms with Gasteiger partial charge in [0.15, 0.2) is 16.6 Å².